The second-order valence-electron chi connectivity index (χ2n) is 6.88. The van der Waals surface area contributed by atoms with Gasteiger partial charge in [0.25, 0.3) is 0 Å². The molecule has 6 nitrogen and oxygen atoms in total. The number of benzene rings is 1. The largest absolute Gasteiger partial charge is 0.468 e. The van der Waals surface area contributed by atoms with Gasteiger partial charge in [0, 0.05) is 6.07 Å². The average molecular weight is 400 g/mol. The van der Waals surface area contributed by atoms with Gasteiger partial charge in [0.1, 0.15) is 11.7 Å². The highest BCUT2D eigenvalue weighted by atomic mass is 31.0. The van der Waals surface area contributed by atoms with E-state index in [1.165, 1.54) is 12.7 Å². The van der Waals surface area contributed by atoms with Crippen molar-refractivity contribution in [2.24, 2.45) is 0 Å². The smallest absolute Gasteiger partial charge is 0.316 e. The maximum Gasteiger partial charge on any atom is 0.316 e. The Morgan fingerprint density at radius 2 is 1.89 bits per heavy atom. The van der Waals surface area contributed by atoms with Gasteiger partial charge in [-0.3, -0.25) is 4.79 Å². The van der Waals surface area contributed by atoms with E-state index in [0.717, 1.165) is 42.0 Å². The minimum absolute atomic E-state index is 0.323. The Morgan fingerprint density at radius 3 is 2.46 bits per heavy atom. The van der Waals surface area contributed by atoms with E-state index in [1.807, 2.05) is 13.8 Å². The van der Waals surface area contributed by atoms with Crippen LogP contribution >= 0.6 is 9.24 Å². The molecule has 0 saturated carbocycles. The molecule has 2 atom stereocenters. The van der Waals surface area contributed by atoms with E-state index in [1.54, 1.807) is 6.07 Å². The minimum atomic E-state index is -0.492. The van der Waals surface area contributed by atoms with Crippen molar-refractivity contribution in [2.45, 2.75) is 45.4 Å². The molecular formula is C21H25N2O4P. The van der Waals surface area contributed by atoms with Gasteiger partial charge in [0.2, 0.25) is 5.63 Å². The van der Waals surface area contributed by atoms with Crippen LogP contribution in [-0.4, -0.2) is 23.2 Å². The number of nitrogens with zero attached hydrogens (tertiary/aromatic N) is 2. The fraction of sp³-hybridized carbons (Fsp3) is 0.381. The monoisotopic (exact) mass is 400 g/mol. The Balaban J connectivity index is 1.59. The number of esters is 1. The van der Waals surface area contributed by atoms with Crippen molar-refractivity contribution in [2.75, 3.05) is 7.11 Å². The number of hydrogen-bond acceptors (Lipinski definition) is 6. The lowest BCUT2D eigenvalue weighted by Crippen LogP contribution is -2.16. The van der Waals surface area contributed by atoms with Crippen molar-refractivity contribution < 1.29 is 18.5 Å². The first-order valence-electron chi connectivity index (χ1n) is 9.27. The summed E-state index contributed by atoms with van der Waals surface area (Å²) in [5.74, 6) is 0.603. The fourth-order valence-electron chi connectivity index (χ4n) is 3.21. The third kappa shape index (κ3) is 5.08. The highest BCUT2D eigenvalue weighted by Gasteiger charge is 2.26. The third-order valence-electron chi connectivity index (χ3n) is 4.73. The molecule has 0 aliphatic carbocycles. The van der Waals surface area contributed by atoms with Gasteiger partial charge in [-0.1, -0.05) is 29.4 Å². The summed E-state index contributed by atoms with van der Waals surface area (Å²) in [6.45, 7) is 3.77. The number of methoxy groups -OCH3 is 1. The van der Waals surface area contributed by atoms with Gasteiger partial charge in [0.15, 0.2) is 5.76 Å². The van der Waals surface area contributed by atoms with Crippen LogP contribution in [0.3, 0.4) is 0 Å². The van der Waals surface area contributed by atoms with Crippen LogP contribution in [-0.2, 0) is 28.8 Å². The fourth-order valence-corrected chi connectivity index (χ4v) is 3.54. The summed E-state index contributed by atoms with van der Waals surface area (Å²) in [4.78, 5) is 16.6. The number of oxazole rings is 1. The summed E-state index contributed by atoms with van der Waals surface area (Å²) in [6.07, 6.45) is 3.36. The summed E-state index contributed by atoms with van der Waals surface area (Å²) >= 11 is 0. The van der Waals surface area contributed by atoms with Crippen LogP contribution in [0.15, 0.2) is 39.3 Å². The first-order valence-corrected chi connectivity index (χ1v) is 9.84. The van der Waals surface area contributed by atoms with E-state index in [0.29, 0.717) is 17.8 Å². The summed E-state index contributed by atoms with van der Waals surface area (Å²) < 4.78 is 15.7. The molecule has 0 aliphatic heterocycles. The number of ether oxygens (including phenoxy) is 1. The summed E-state index contributed by atoms with van der Waals surface area (Å²) in [5.41, 5.74) is 4.70. The maximum absolute atomic E-state index is 12.2. The molecule has 0 N–H and O–H groups in total. The molecule has 0 radical (unpaired) electrons. The Morgan fingerprint density at radius 1 is 1.18 bits per heavy atom. The Bertz CT molecular complexity index is 930. The molecule has 28 heavy (non-hydrogen) atoms. The number of carbonyl (C=O) groups is 1. The van der Waals surface area contributed by atoms with E-state index in [-0.39, 0.29) is 5.97 Å². The number of rotatable bonds is 8. The molecule has 7 heteroatoms. The van der Waals surface area contributed by atoms with E-state index >= 15 is 0 Å². The zero-order valence-electron chi connectivity index (χ0n) is 16.4. The molecule has 2 heterocycles. The predicted octanol–water partition coefficient (Wildman–Crippen LogP) is 3.45. The van der Waals surface area contributed by atoms with Crippen LogP contribution in [0.2, 0.25) is 0 Å². The van der Waals surface area contributed by atoms with E-state index in [4.69, 9.17) is 13.7 Å². The van der Waals surface area contributed by atoms with Gasteiger partial charge in [-0.15, -0.1) is 0 Å². The van der Waals surface area contributed by atoms with Crippen LogP contribution in [0.25, 0.3) is 0 Å². The van der Waals surface area contributed by atoms with Gasteiger partial charge >= 0.3 is 5.97 Å². The predicted molar refractivity (Wildman–Crippen MR) is 109 cm³/mol. The highest BCUT2D eigenvalue weighted by Crippen LogP contribution is 2.24. The molecule has 148 valence electrons. The van der Waals surface area contributed by atoms with E-state index in [2.05, 4.69) is 43.6 Å². The Kier molecular flexibility index (Phi) is 6.63. The third-order valence-corrected chi connectivity index (χ3v) is 4.97. The van der Waals surface area contributed by atoms with Gasteiger partial charge in [0.05, 0.1) is 18.5 Å². The van der Waals surface area contributed by atoms with Gasteiger partial charge in [-0.25, -0.2) is 4.98 Å². The zero-order valence-corrected chi connectivity index (χ0v) is 17.6. The Labute approximate surface area is 166 Å². The van der Waals surface area contributed by atoms with Crippen molar-refractivity contribution in [3.05, 3.63) is 64.4 Å². The SMILES string of the molecule is COC(=O)C(Cc1ccc(CCCc2nc(P)oc2C)cc1)c1cc(C)no1. The zero-order chi connectivity index (χ0) is 20.1. The summed E-state index contributed by atoms with van der Waals surface area (Å²) in [7, 11) is 3.88. The van der Waals surface area contributed by atoms with Crippen LogP contribution in [0.5, 0.6) is 0 Å². The minimum Gasteiger partial charge on any atom is -0.468 e. The highest BCUT2D eigenvalue weighted by molar-refractivity contribution is 7.26. The second-order valence-corrected chi connectivity index (χ2v) is 7.37. The molecule has 0 spiro atoms. The molecule has 0 saturated heterocycles. The number of aromatic nitrogens is 2. The molecule has 3 rings (SSSR count). The standard InChI is InChI=1S/C21H25N2O4P/c1-13-11-19(27-23-13)17(20(24)25-3)12-16-9-7-15(8-10-16)5-4-6-18-14(2)26-21(28)22-18/h7-11,17H,4-6,12,28H2,1-3H3. The summed E-state index contributed by atoms with van der Waals surface area (Å²) in [5, 5.41) is 3.88. The lowest BCUT2D eigenvalue weighted by Gasteiger charge is -2.12. The lowest BCUT2D eigenvalue weighted by molar-refractivity contribution is -0.142. The molecular weight excluding hydrogens is 375 g/mol. The molecule has 1 aromatic carbocycles. The first kappa shape index (κ1) is 20.3. The second kappa shape index (κ2) is 9.16. The molecule has 0 bridgehead atoms. The molecule has 2 unspecified atom stereocenters. The molecule has 3 aromatic rings. The van der Waals surface area contributed by atoms with Crippen LogP contribution in [0.4, 0.5) is 0 Å². The maximum atomic E-state index is 12.2. The van der Waals surface area contributed by atoms with Gasteiger partial charge < -0.3 is 13.7 Å². The van der Waals surface area contributed by atoms with Gasteiger partial charge in [-0.05, 0) is 59.9 Å². The number of hydrogen-bond donors (Lipinski definition) is 0. The van der Waals surface area contributed by atoms with Crippen molar-refractivity contribution in [3.8, 4) is 0 Å². The number of carbonyl (C=O) groups excluding carboxylic acids is 1. The summed E-state index contributed by atoms with van der Waals surface area (Å²) in [6, 6.07) is 10.1. The molecule has 0 aliphatic rings. The Hall–Kier alpha value is -2.46. The van der Waals surface area contributed by atoms with Crippen molar-refractivity contribution in [1.29, 1.82) is 0 Å². The van der Waals surface area contributed by atoms with Crippen molar-refractivity contribution in [1.82, 2.24) is 10.1 Å². The molecule has 0 amide bonds. The van der Waals surface area contributed by atoms with Gasteiger partial charge in [-0.2, -0.15) is 0 Å². The molecule has 2 aromatic heterocycles. The van der Waals surface area contributed by atoms with Crippen molar-refractivity contribution in [3.63, 3.8) is 0 Å². The van der Waals surface area contributed by atoms with Crippen LogP contribution < -0.4 is 5.63 Å². The molecule has 0 fully saturated rings. The number of aryl methyl sites for hydroxylation is 4. The van der Waals surface area contributed by atoms with E-state index < -0.39 is 5.92 Å². The van der Waals surface area contributed by atoms with Crippen LogP contribution in [0, 0.1) is 13.8 Å². The first-order chi connectivity index (χ1) is 13.5. The normalized spacial score (nSPS) is 12.1. The quantitative estimate of drug-likeness (QED) is 0.426. The average Bonchev–Trinajstić information content (AvgIpc) is 3.25. The van der Waals surface area contributed by atoms with E-state index in [9.17, 15) is 4.79 Å². The lowest BCUT2D eigenvalue weighted by atomic mass is 9.95. The topological polar surface area (TPSA) is 78.4 Å². The van der Waals surface area contributed by atoms with Crippen LogP contribution in [0.1, 0.15) is 46.4 Å². The van der Waals surface area contributed by atoms with Crippen molar-refractivity contribution >= 4 is 20.8 Å².